The molecule has 0 aromatic heterocycles. The van der Waals surface area contributed by atoms with Crippen LogP contribution in [0.15, 0.2) is 12.2 Å². The van der Waals surface area contributed by atoms with Crippen molar-refractivity contribution in [1.82, 2.24) is 0 Å². The maximum absolute atomic E-state index is 11.4. The van der Waals surface area contributed by atoms with Crippen LogP contribution in [0.5, 0.6) is 0 Å². The Morgan fingerprint density at radius 1 is 1.50 bits per heavy atom. The Balaban J connectivity index is 4.69. The molecule has 0 radical (unpaired) electrons. The van der Waals surface area contributed by atoms with Gasteiger partial charge in [-0.25, -0.2) is 8.42 Å². The van der Waals surface area contributed by atoms with Gasteiger partial charge in [-0.15, -0.1) is 0 Å². The highest BCUT2D eigenvalue weighted by atomic mass is 32.2. The summed E-state index contributed by atoms with van der Waals surface area (Å²) in [6, 6.07) is 0. The van der Waals surface area contributed by atoms with Gasteiger partial charge >= 0.3 is 0 Å². The number of hydrogen-bond acceptors (Lipinski definition) is 3. The van der Waals surface area contributed by atoms with E-state index in [4.69, 9.17) is 0 Å². The molecule has 14 heavy (non-hydrogen) atoms. The summed E-state index contributed by atoms with van der Waals surface area (Å²) in [6.45, 7) is 8.76. The molecule has 0 aliphatic rings. The molecular weight excluding hydrogens is 200 g/mol. The molecule has 0 amide bonds. The van der Waals surface area contributed by atoms with Crippen molar-refractivity contribution < 1.29 is 13.5 Å². The predicted octanol–water partition coefficient (Wildman–Crippen LogP) is 1.53. The second-order valence-corrected chi connectivity index (χ2v) is 6.80. The lowest BCUT2D eigenvalue weighted by atomic mass is 9.98. The van der Waals surface area contributed by atoms with E-state index in [2.05, 4.69) is 6.58 Å². The van der Waals surface area contributed by atoms with Crippen LogP contribution in [-0.4, -0.2) is 30.6 Å². The smallest absolute Gasteiger partial charge is 0.155 e. The monoisotopic (exact) mass is 220 g/mol. The van der Waals surface area contributed by atoms with Crippen molar-refractivity contribution in [2.75, 3.05) is 6.26 Å². The van der Waals surface area contributed by atoms with Gasteiger partial charge in [0.25, 0.3) is 0 Å². The van der Waals surface area contributed by atoms with Crippen LogP contribution < -0.4 is 0 Å². The second-order valence-electron chi connectivity index (χ2n) is 4.20. The summed E-state index contributed by atoms with van der Waals surface area (Å²) in [5, 5.41) is 9.77. The molecule has 4 heteroatoms. The third kappa shape index (κ3) is 3.10. The first-order valence-corrected chi connectivity index (χ1v) is 6.56. The summed E-state index contributed by atoms with van der Waals surface area (Å²) in [5.74, 6) is 0. The van der Waals surface area contributed by atoms with Gasteiger partial charge in [0.1, 0.15) is 0 Å². The van der Waals surface area contributed by atoms with E-state index in [1.54, 1.807) is 0 Å². The largest absolute Gasteiger partial charge is 0.391 e. The number of sulfone groups is 1. The van der Waals surface area contributed by atoms with Gasteiger partial charge in [-0.1, -0.05) is 19.1 Å². The van der Waals surface area contributed by atoms with Crippen LogP contribution in [0.3, 0.4) is 0 Å². The van der Waals surface area contributed by atoms with Gasteiger partial charge in [-0.2, -0.15) is 0 Å². The van der Waals surface area contributed by atoms with E-state index in [-0.39, 0.29) is 0 Å². The van der Waals surface area contributed by atoms with Crippen LogP contribution in [0.1, 0.15) is 33.6 Å². The average molecular weight is 220 g/mol. The van der Waals surface area contributed by atoms with Crippen LogP contribution in [0, 0.1) is 0 Å². The zero-order chi connectivity index (χ0) is 11.6. The molecule has 0 saturated heterocycles. The molecule has 1 unspecified atom stereocenters. The second kappa shape index (κ2) is 4.45. The lowest BCUT2D eigenvalue weighted by Crippen LogP contribution is -2.43. The van der Waals surface area contributed by atoms with Crippen molar-refractivity contribution in [3.63, 3.8) is 0 Å². The lowest BCUT2D eigenvalue weighted by Gasteiger charge is -2.28. The van der Waals surface area contributed by atoms with Gasteiger partial charge in [-0.3, -0.25) is 0 Å². The Morgan fingerprint density at radius 2 is 1.93 bits per heavy atom. The van der Waals surface area contributed by atoms with Crippen LogP contribution in [-0.2, 0) is 9.84 Å². The van der Waals surface area contributed by atoms with E-state index in [0.29, 0.717) is 6.42 Å². The van der Waals surface area contributed by atoms with Gasteiger partial charge in [0, 0.05) is 6.26 Å². The van der Waals surface area contributed by atoms with Crippen LogP contribution in [0.25, 0.3) is 0 Å². The van der Waals surface area contributed by atoms with Gasteiger partial charge < -0.3 is 5.11 Å². The minimum atomic E-state index is -3.25. The highest BCUT2D eigenvalue weighted by Gasteiger charge is 2.37. The molecule has 0 bridgehead atoms. The summed E-state index contributed by atoms with van der Waals surface area (Å²) >= 11 is 0. The minimum absolute atomic E-state index is 0.344. The Labute approximate surface area is 86.8 Å². The molecule has 0 aliphatic heterocycles. The maximum Gasteiger partial charge on any atom is 0.155 e. The first-order chi connectivity index (χ1) is 6.13. The zero-order valence-corrected chi connectivity index (χ0v) is 10.2. The summed E-state index contributed by atoms with van der Waals surface area (Å²) in [5.41, 5.74) is 0.870. The molecule has 1 N–H and O–H groups in total. The topological polar surface area (TPSA) is 54.4 Å². The van der Waals surface area contributed by atoms with Crippen molar-refractivity contribution in [2.24, 2.45) is 0 Å². The van der Waals surface area contributed by atoms with Gasteiger partial charge in [0.15, 0.2) is 9.84 Å². The maximum atomic E-state index is 11.4. The Morgan fingerprint density at radius 3 is 2.21 bits per heavy atom. The van der Waals surface area contributed by atoms with E-state index < -0.39 is 20.7 Å². The summed E-state index contributed by atoms with van der Waals surface area (Å²) in [7, 11) is -3.25. The molecule has 3 nitrogen and oxygen atoms in total. The molecule has 0 spiro atoms. The fourth-order valence-corrected chi connectivity index (χ4v) is 1.49. The lowest BCUT2D eigenvalue weighted by molar-refractivity contribution is 0.137. The van der Waals surface area contributed by atoms with Crippen LogP contribution >= 0.6 is 0 Å². The molecule has 0 aromatic carbocycles. The van der Waals surface area contributed by atoms with E-state index in [1.165, 1.54) is 13.8 Å². The predicted molar refractivity (Wildman–Crippen MR) is 59.0 cm³/mol. The van der Waals surface area contributed by atoms with Gasteiger partial charge in [-0.05, 0) is 26.7 Å². The van der Waals surface area contributed by atoms with Crippen molar-refractivity contribution in [1.29, 1.82) is 0 Å². The number of hydrogen-bond donors (Lipinski definition) is 1. The first-order valence-electron chi connectivity index (χ1n) is 4.67. The summed E-state index contributed by atoms with van der Waals surface area (Å²) < 4.78 is 21.6. The molecule has 0 heterocycles. The average Bonchev–Trinajstić information content (AvgIpc) is 2.01. The van der Waals surface area contributed by atoms with Crippen LogP contribution in [0.4, 0.5) is 0 Å². The Bertz CT molecular complexity index is 301. The van der Waals surface area contributed by atoms with Crippen LogP contribution in [0.2, 0.25) is 0 Å². The van der Waals surface area contributed by atoms with Crippen molar-refractivity contribution in [3.05, 3.63) is 12.2 Å². The molecule has 1 atom stereocenters. The summed E-state index contributed by atoms with van der Waals surface area (Å²) in [4.78, 5) is 0. The Hall–Kier alpha value is -0.350. The molecule has 0 saturated carbocycles. The standard InChI is InChI=1S/C10H20O3S/c1-6-8(2)7-9(11)10(3,4)14(5,12)13/h9,11H,2,6-7H2,1,3-5H3. The van der Waals surface area contributed by atoms with E-state index >= 15 is 0 Å². The fraction of sp³-hybridized carbons (Fsp3) is 0.800. The first kappa shape index (κ1) is 13.7. The number of rotatable bonds is 5. The molecule has 0 aromatic rings. The van der Waals surface area contributed by atoms with Gasteiger partial charge in [0.05, 0.1) is 10.9 Å². The van der Waals surface area contributed by atoms with E-state index in [9.17, 15) is 13.5 Å². The number of aliphatic hydroxyl groups is 1. The molecule has 0 aliphatic carbocycles. The third-order valence-corrected chi connectivity index (χ3v) is 4.92. The van der Waals surface area contributed by atoms with E-state index in [1.807, 2.05) is 6.92 Å². The molecule has 84 valence electrons. The SMILES string of the molecule is C=C(CC)CC(O)C(C)(C)S(C)(=O)=O. The quantitative estimate of drug-likeness (QED) is 0.715. The van der Waals surface area contributed by atoms with Crippen molar-refractivity contribution in [3.8, 4) is 0 Å². The highest BCUT2D eigenvalue weighted by Crippen LogP contribution is 2.24. The van der Waals surface area contributed by atoms with E-state index in [0.717, 1.165) is 18.2 Å². The highest BCUT2D eigenvalue weighted by molar-refractivity contribution is 7.92. The minimum Gasteiger partial charge on any atom is -0.391 e. The molecule has 0 fully saturated rings. The molecule has 0 rings (SSSR count). The Kier molecular flexibility index (Phi) is 4.34. The normalized spacial score (nSPS) is 15.2. The third-order valence-electron chi connectivity index (χ3n) is 2.74. The number of aliphatic hydroxyl groups excluding tert-OH is 1. The van der Waals surface area contributed by atoms with Crippen molar-refractivity contribution >= 4 is 9.84 Å². The fourth-order valence-electron chi connectivity index (χ4n) is 0.911. The zero-order valence-electron chi connectivity index (χ0n) is 9.37. The van der Waals surface area contributed by atoms with Crippen molar-refractivity contribution in [2.45, 2.75) is 44.5 Å². The molecular formula is C10H20O3S. The van der Waals surface area contributed by atoms with Gasteiger partial charge in [0.2, 0.25) is 0 Å². The summed E-state index contributed by atoms with van der Waals surface area (Å²) in [6.07, 6.45) is 1.36.